The van der Waals surface area contributed by atoms with E-state index in [1.165, 1.54) is 5.56 Å². The number of cyclic esters (lactones) is 1. The Morgan fingerprint density at radius 3 is 3.15 bits per heavy atom. The molecule has 2 rings (SSSR count). The van der Waals surface area contributed by atoms with Crippen molar-refractivity contribution >= 4 is 11.8 Å². The van der Waals surface area contributed by atoms with E-state index in [1.807, 2.05) is 12.1 Å². The van der Waals surface area contributed by atoms with E-state index in [1.54, 1.807) is 0 Å². The van der Waals surface area contributed by atoms with Crippen LogP contribution in [0.3, 0.4) is 0 Å². The van der Waals surface area contributed by atoms with Crippen molar-refractivity contribution < 1.29 is 9.53 Å². The molecule has 0 aromatic heterocycles. The summed E-state index contributed by atoms with van der Waals surface area (Å²) in [6, 6.07) is 5.90. The van der Waals surface area contributed by atoms with E-state index in [4.69, 9.17) is 4.74 Å². The minimum absolute atomic E-state index is 0.360. The quantitative estimate of drug-likeness (QED) is 0.714. The van der Waals surface area contributed by atoms with Gasteiger partial charge < -0.3 is 4.74 Å². The molecule has 1 amide bonds. The predicted molar refractivity (Wildman–Crippen MR) is 49.6 cm³/mol. The molecule has 1 aromatic rings. The maximum Gasteiger partial charge on any atom is 0.411 e. The number of fused-ring (bicyclic) bond motifs is 1. The lowest BCUT2D eigenvalue weighted by atomic mass is 10.0. The van der Waals surface area contributed by atoms with Crippen molar-refractivity contribution in [2.24, 2.45) is 0 Å². The molecule has 13 heavy (non-hydrogen) atoms. The highest BCUT2D eigenvalue weighted by molar-refractivity contribution is 5.87. The summed E-state index contributed by atoms with van der Waals surface area (Å²) in [7, 11) is 0. The van der Waals surface area contributed by atoms with Crippen LogP contribution in [0.15, 0.2) is 18.2 Å². The van der Waals surface area contributed by atoms with E-state index in [9.17, 15) is 4.79 Å². The summed E-state index contributed by atoms with van der Waals surface area (Å²) in [5, 5.41) is 2.67. The molecule has 3 nitrogen and oxygen atoms in total. The third kappa shape index (κ3) is 1.37. The van der Waals surface area contributed by atoms with E-state index in [-0.39, 0.29) is 6.09 Å². The molecular formula is C10H11NO2. The van der Waals surface area contributed by atoms with Crippen LogP contribution in [0.5, 0.6) is 0 Å². The number of hydrogen-bond donors (Lipinski definition) is 1. The lowest BCUT2D eigenvalue weighted by Crippen LogP contribution is -2.21. The van der Waals surface area contributed by atoms with Crippen molar-refractivity contribution in [3.05, 3.63) is 29.3 Å². The number of amides is 1. The molecule has 0 aliphatic carbocycles. The van der Waals surface area contributed by atoms with Gasteiger partial charge in [-0.3, -0.25) is 5.32 Å². The first kappa shape index (κ1) is 8.10. The first-order chi connectivity index (χ1) is 6.31. The SMILES string of the molecule is CCc1cccc2c1COC(=O)N2. The molecule has 3 heteroatoms. The fourth-order valence-corrected chi connectivity index (χ4v) is 1.54. The molecule has 0 saturated carbocycles. The highest BCUT2D eigenvalue weighted by atomic mass is 16.5. The first-order valence-electron chi connectivity index (χ1n) is 4.36. The van der Waals surface area contributed by atoms with Gasteiger partial charge in [-0.05, 0) is 18.1 Å². The van der Waals surface area contributed by atoms with Crippen LogP contribution in [-0.4, -0.2) is 6.09 Å². The van der Waals surface area contributed by atoms with Gasteiger partial charge >= 0.3 is 6.09 Å². The second-order valence-corrected chi connectivity index (χ2v) is 3.00. The van der Waals surface area contributed by atoms with Crippen LogP contribution in [0.4, 0.5) is 10.5 Å². The van der Waals surface area contributed by atoms with Crippen molar-refractivity contribution in [2.45, 2.75) is 20.0 Å². The van der Waals surface area contributed by atoms with Gasteiger partial charge in [0.1, 0.15) is 6.61 Å². The molecule has 1 aliphatic rings. The van der Waals surface area contributed by atoms with Crippen molar-refractivity contribution in [3.8, 4) is 0 Å². The number of hydrogen-bond acceptors (Lipinski definition) is 2. The van der Waals surface area contributed by atoms with Crippen LogP contribution >= 0.6 is 0 Å². The summed E-state index contributed by atoms with van der Waals surface area (Å²) in [5.74, 6) is 0. The van der Waals surface area contributed by atoms with E-state index in [0.717, 1.165) is 17.7 Å². The maximum atomic E-state index is 10.9. The zero-order valence-corrected chi connectivity index (χ0v) is 7.46. The Morgan fingerprint density at radius 1 is 1.54 bits per heavy atom. The number of carbonyl (C=O) groups excluding carboxylic acids is 1. The van der Waals surface area contributed by atoms with E-state index >= 15 is 0 Å². The lowest BCUT2D eigenvalue weighted by Gasteiger charge is -2.19. The van der Waals surface area contributed by atoms with Crippen molar-refractivity contribution in [3.63, 3.8) is 0 Å². The van der Waals surface area contributed by atoms with Gasteiger partial charge in [-0.15, -0.1) is 0 Å². The highest BCUT2D eigenvalue weighted by Gasteiger charge is 2.16. The Kier molecular flexibility index (Phi) is 1.93. The fraction of sp³-hybridized carbons (Fsp3) is 0.300. The maximum absolute atomic E-state index is 10.9. The van der Waals surface area contributed by atoms with Crippen molar-refractivity contribution in [1.82, 2.24) is 0 Å². The smallest absolute Gasteiger partial charge is 0.411 e. The Hall–Kier alpha value is -1.51. The van der Waals surface area contributed by atoms with Crippen LogP contribution in [0.2, 0.25) is 0 Å². The Morgan fingerprint density at radius 2 is 2.38 bits per heavy atom. The summed E-state index contributed by atoms with van der Waals surface area (Å²) in [5.41, 5.74) is 3.22. The van der Waals surface area contributed by atoms with Gasteiger partial charge in [0.05, 0.1) is 5.69 Å². The molecule has 1 N–H and O–H groups in total. The molecule has 1 heterocycles. The highest BCUT2D eigenvalue weighted by Crippen LogP contribution is 2.24. The van der Waals surface area contributed by atoms with Gasteiger partial charge in [-0.2, -0.15) is 0 Å². The molecule has 0 fully saturated rings. The number of nitrogens with one attached hydrogen (secondary N) is 1. The minimum Gasteiger partial charge on any atom is -0.444 e. The van der Waals surface area contributed by atoms with Gasteiger partial charge in [-0.25, -0.2) is 4.79 Å². The Bertz CT molecular complexity index is 347. The number of carbonyl (C=O) groups is 1. The lowest BCUT2D eigenvalue weighted by molar-refractivity contribution is 0.151. The minimum atomic E-state index is -0.360. The van der Waals surface area contributed by atoms with Crippen molar-refractivity contribution in [1.29, 1.82) is 0 Å². The fourth-order valence-electron chi connectivity index (χ4n) is 1.54. The zero-order valence-electron chi connectivity index (χ0n) is 7.46. The van der Waals surface area contributed by atoms with Crippen LogP contribution in [0.1, 0.15) is 18.1 Å². The second-order valence-electron chi connectivity index (χ2n) is 3.00. The molecule has 0 unspecified atom stereocenters. The van der Waals surface area contributed by atoms with Crippen LogP contribution in [-0.2, 0) is 17.8 Å². The summed E-state index contributed by atoms with van der Waals surface area (Å²) >= 11 is 0. The molecule has 0 atom stereocenters. The summed E-state index contributed by atoms with van der Waals surface area (Å²) < 4.78 is 4.90. The van der Waals surface area contributed by atoms with E-state index in [0.29, 0.717) is 6.61 Å². The normalized spacial score (nSPS) is 14.4. The third-order valence-corrected chi connectivity index (χ3v) is 2.24. The summed E-state index contributed by atoms with van der Waals surface area (Å²) in [6.45, 7) is 2.48. The van der Waals surface area contributed by atoms with Gasteiger partial charge in [0.2, 0.25) is 0 Å². The number of ether oxygens (including phenoxy) is 1. The molecule has 0 spiro atoms. The number of rotatable bonds is 1. The Balaban J connectivity index is 2.45. The van der Waals surface area contributed by atoms with E-state index in [2.05, 4.69) is 18.3 Å². The standard InChI is InChI=1S/C10H11NO2/c1-2-7-4-3-5-9-8(7)6-13-10(12)11-9/h3-5H,2,6H2,1H3,(H,11,12). The van der Waals surface area contributed by atoms with E-state index < -0.39 is 0 Å². The number of anilines is 1. The molecule has 1 aliphatic heterocycles. The summed E-state index contributed by atoms with van der Waals surface area (Å²) in [6.07, 6.45) is 0.600. The molecule has 0 bridgehead atoms. The monoisotopic (exact) mass is 177 g/mol. The molecule has 1 aromatic carbocycles. The largest absolute Gasteiger partial charge is 0.444 e. The summed E-state index contributed by atoms with van der Waals surface area (Å²) in [4.78, 5) is 10.9. The van der Waals surface area contributed by atoms with Gasteiger partial charge in [0.15, 0.2) is 0 Å². The van der Waals surface area contributed by atoms with Gasteiger partial charge in [0, 0.05) is 5.56 Å². The topological polar surface area (TPSA) is 38.3 Å². The molecular weight excluding hydrogens is 166 g/mol. The van der Waals surface area contributed by atoms with Crippen LogP contribution < -0.4 is 5.32 Å². The molecule has 0 radical (unpaired) electrons. The number of benzene rings is 1. The van der Waals surface area contributed by atoms with Crippen LogP contribution in [0, 0.1) is 0 Å². The van der Waals surface area contributed by atoms with Crippen LogP contribution in [0.25, 0.3) is 0 Å². The first-order valence-corrected chi connectivity index (χ1v) is 4.36. The van der Waals surface area contributed by atoms with Crippen molar-refractivity contribution in [2.75, 3.05) is 5.32 Å². The molecule has 0 saturated heterocycles. The second kappa shape index (κ2) is 3.09. The predicted octanol–water partition coefficient (Wildman–Crippen LogP) is 2.31. The Labute approximate surface area is 76.7 Å². The average molecular weight is 177 g/mol. The third-order valence-electron chi connectivity index (χ3n) is 2.24. The van der Waals surface area contributed by atoms with Gasteiger partial charge in [0.25, 0.3) is 0 Å². The average Bonchev–Trinajstić information content (AvgIpc) is 2.16. The van der Waals surface area contributed by atoms with Gasteiger partial charge in [-0.1, -0.05) is 19.1 Å². The number of aryl methyl sites for hydroxylation is 1. The molecule has 68 valence electrons. The zero-order chi connectivity index (χ0) is 9.26.